The van der Waals surface area contributed by atoms with Crippen molar-refractivity contribution >= 4 is 11.1 Å². The summed E-state index contributed by atoms with van der Waals surface area (Å²) < 4.78 is 18.9. The Bertz CT molecular complexity index is 259. The third kappa shape index (κ3) is 2.07. The topological polar surface area (TPSA) is 70.4 Å². The number of aliphatic hydroxyl groups is 1. The highest BCUT2D eigenvalue weighted by Gasteiger charge is 1.99. The van der Waals surface area contributed by atoms with Gasteiger partial charge in [-0.15, -0.1) is 0 Å². The van der Waals surface area contributed by atoms with Crippen LogP contribution in [0.1, 0.15) is 5.56 Å². The summed E-state index contributed by atoms with van der Waals surface area (Å²) in [6, 6.07) is 2.96. The largest absolute Gasteiger partial charge is 0.392 e. The van der Waals surface area contributed by atoms with Gasteiger partial charge in [-0.3, -0.25) is 0 Å². The van der Waals surface area contributed by atoms with Gasteiger partial charge in [0, 0.05) is 6.20 Å². The van der Waals surface area contributed by atoms with Crippen LogP contribution in [0.3, 0.4) is 0 Å². The Balaban J connectivity index is 2.91. The SMILES string of the molecule is O=S(O)c1ccc(CO)cn1. The molecule has 1 atom stereocenters. The maximum absolute atomic E-state index is 10.4. The summed E-state index contributed by atoms with van der Waals surface area (Å²) in [7, 11) is 0. The number of aromatic nitrogens is 1. The summed E-state index contributed by atoms with van der Waals surface area (Å²) >= 11 is -2.03. The molecule has 4 nitrogen and oxygen atoms in total. The Hall–Kier alpha value is -0.780. The summed E-state index contributed by atoms with van der Waals surface area (Å²) in [6.45, 7) is -0.106. The third-order valence-corrected chi connectivity index (χ3v) is 1.76. The molecule has 1 aromatic heterocycles. The first-order valence-corrected chi connectivity index (χ1v) is 4.01. The molecule has 0 aliphatic carbocycles. The highest BCUT2D eigenvalue weighted by Crippen LogP contribution is 2.02. The molecule has 1 aromatic rings. The van der Waals surface area contributed by atoms with Gasteiger partial charge < -0.3 is 9.66 Å². The van der Waals surface area contributed by atoms with E-state index >= 15 is 0 Å². The van der Waals surface area contributed by atoms with Crippen LogP contribution in [-0.2, 0) is 17.7 Å². The van der Waals surface area contributed by atoms with Gasteiger partial charge >= 0.3 is 0 Å². The summed E-state index contributed by atoms with van der Waals surface area (Å²) in [5.74, 6) is 0. The highest BCUT2D eigenvalue weighted by atomic mass is 32.2. The van der Waals surface area contributed by atoms with Crippen molar-refractivity contribution in [3.8, 4) is 0 Å². The molecule has 0 saturated heterocycles. The zero-order chi connectivity index (χ0) is 8.27. The summed E-state index contributed by atoms with van der Waals surface area (Å²) in [6.07, 6.45) is 1.36. The third-order valence-electron chi connectivity index (χ3n) is 1.16. The first-order chi connectivity index (χ1) is 5.24. The van der Waals surface area contributed by atoms with Gasteiger partial charge in [0.15, 0.2) is 5.03 Å². The molecular formula is C6H7NO3S. The number of aliphatic hydroxyl groups excluding tert-OH is 1. The van der Waals surface area contributed by atoms with Gasteiger partial charge in [-0.2, -0.15) is 0 Å². The van der Waals surface area contributed by atoms with Crippen LogP contribution in [0.15, 0.2) is 23.4 Å². The van der Waals surface area contributed by atoms with Gasteiger partial charge in [-0.25, -0.2) is 9.19 Å². The normalized spacial score (nSPS) is 12.9. The van der Waals surface area contributed by atoms with Crippen LogP contribution in [-0.4, -0.2) is 18.9 Å². The first kappa shape index (κ1) is 8.32. The van der Waals surface area contributed by atoms with E-state index < -0.39 is 11.1 Å². The van der Waals surface area contributed by atoms with E-state index in [9.17, 15) is 4.21 Å². The van der Waals surface area contributed by atoms with Gasteiger partial charge in [-0.05, 0) is 11.6 Å². The molecule has 1 rings (SSSR count). The quantitative estimate of drug-likeness (QED) is 0.625. The average molecular weight is 173 g/mol. The predicted octanol–water partition coefficient (Wildman–Crippen LogP) is 0.155. The van der Waals surface area contributed by atoms with E-state index in [-0.39, 0.29) is 11.6 Å². The van der Waals surface area contributed by atoms with Gasteiger partial charge in [0.2, 0.25) is 11.1 Å². The molecule has 0 fully saturated rings. The second-order valence-corrected chi connectivity index (χ2v) is 2.83. The van der Waals surface area contributed by atoms with Crippen LogP contribution >= 0.6 is 0 Å². The Morgan fingerprint density at radius 2 is 2.27 bits per heavy atom. The molecule has 11 heavy (non-hydrogen) atoms. The van der Waals surface area contributed by atoms with Crippen LogP contribution in [0.5, 0.6) is 0 Å². The molecule has 0 radical (unpaired) electrons. The van der Waals surface area contributed by atoms with Gasteiger partial charge in [0.1, 0.15) is 0 Å². The highest BCUT2D eigenvalue weighted by molar-refractivity contribution is 7.79. The van der Waals surface area contributed by atoms with Crippen molar-refractivity contribution in [3.05, 3.63) is 23.9 Å². The van der Waals surface area contributed by atoms with Crippen LogP contribution in [0.4, 0.5) is 0 Å². The van der Waals surface area contributed by atoms with E-state index in [1.807, 2.05) is 0 Å². The first-order valence-electron chi connectivity index (χ1n) is 2.90. The van der Waals surface area contributed by atoms with Crippen molar-refractivity contribution < 1.29 is 13.9 Å². The smallest absolute Gasteiger partial charge is 0.205 e. The molecule has 0 aromatic carbocycles. The monoisotopic (exact) mass is 173 g/mol. The van der Waals surface area contributed by atoms with E-state index in [4.69, 9.17) is 9.66 Å². The Kier molecular flexibility index (Phi) is 2.70. The van der Waals surface area contributed by atoms with Crippen LogP contribution in [0.2, 0.25) is 0 Å². The molecule has 0 bridgehead atoms. The number of pyridine rings is 1. The van der Waals surface area contributed by atoms with Crippen molar-refractivity contribution in [3.63, 3.8) is 0 Å². The van der Waals surface area contributed by atoms with Crippen molar-refractivity contribution in [1.29, 1.82) is 0 Å². The molecule has 1 heterocycles. The number of hydrogen-bond acceptors (Lipinski definition) is 3. The van der Waals surface area contributed by atoms with E-state index in [1.165, 1.54) is 12.3 Å². The van der Waals surface area contributed by atoms with E-state index in [1.54, 1.807) is 6.07 Å². The number of nitrogens with zero attached hydrogens (tertiary/aromatic N) is 1. The summed E-state index contributed by atoms with van der Waals surface area (Å²) in [5, 5.41) is 8.69. The Labute approximate surface area is 66.2 Å². The van der Waals surface area contributed by atoms with Crippen molar-refractivity contribution in [2.45, 2.75) is 11.6 Å². The fraction of sp³-hybridized carbons (Fsp3) is 0.167. The summed E-state index contributed by atoms with van der Waals surface area (Å²) in [5.41, 5.74) is 0.624. The van der Waals surface area contributed by atoms with Crippen molar-refractivity contribution in [2.75, 3.05) is 0 Å². The van der Waals surface area contributed by atoms with Crippen molar-refractivity contribution in [1.82, 2.24) is 4.98 Å². The maximum Gasteiger partial charge on any atom is 0.205 e. The maximum atomic E-state index is 10.4. The fourth-order valence-electron chi connectivity index (χ4n) is 0.608. The molecule has 0 spiro atoms. The zero-order valence-corrected chi connectivity index (χ0v) is 6.41. The van der Waals surface area contributed by atoms with E-state index in [0.29, 0.717) is 5.56 Å². The minimum Gasteiger partial charge on any atom is -0.392 e. The molecule has 60 valence electrons. The molecule has 0 amide bonds. The van der Waals surface area contributed by atoms with Gasteiger partial charge in [0.05, 0.1) is 6.61 Å². The Morgan fingerprint density at radius 3 is 2.64 bits per heavy atom. The standard InChI is InChI=1S/C6H7NO3S/c8-4-5-1-2-6(7-3-5)11(9)10/h1-3,8H,4H2,(H,9,10). The van der Waals surface area contributed by atoms with E-state index in [0.717, 1.165) is 0 Å². The zero-order valence-electron chi connectivity index (χ0n) is 5.60. The molecular weight excluding hydrogens is 166 g/mol. The lowest BCUT2D eigenvalue weighted by atomic mass is 10.3. The van der Waals surface area contributed by atoms with Crippen LogP contribution < -0.4 is 0 Å². The number of rotatable bonds is 2. The minimum absolute atomic E-state index is 0.0993. The van der Waals surface area contributed by atoms with Crippen LogP contribution in [0, 0.1) is 0 Å². The molecule has 1 unspecified atom stereocenters. The van der Waals surface area contributed by atoms with Crippen molar-refractivity contribution in [2.24, 2.45) is 0 Å². The molecule has 0 aliphatic rings. The predicted molar refractivity (Wildman–Crippen MR) is 39.2 cm³/mol. The molecule has 0 saturated carbocycles. The molecule has 2 N–H and O–H groups in total. The van der Waals surface area contributed by atoms with Gasteiger partial charge in [0.25, 0.3) is 0 Å². The molecule has 5 heteroatoms. The lowest BCUT2D eigenvalue weighted by Gasteiger charge is -1.95. The van der Waals surface area contributed by atoms with E-state index in [2.05, 4.69) is 4.98 Å². The molecule has 0 aliphatic heterocycles. The minimum atomic E-state index is -2.03. The second-order valence-electron chi connectivity index (χ2n) is 1.91. The second kappa shape index (κ2) is 3.56. The van der Waals surface area contributed by atoms with Gasteiger partial charge in [-0.1, -0.05) is 6.07 Å². The van der Waals surface area contributed by atoms with Crippen LogP contribution in [0.25, 0.3) is 0 Å². The lowest BCUT2D eigenvalue weighted by Crippen LogP contribution is -1.93. The number of hydrogen-bond donors (Lipinski definition) is 2. The Morgan fingerprint density at radius 1 is 1.55 bits per heavy atom. The fourth-order valence-corrected chi connectivity index (χ4v) is 0.935. The lowest BCUT2D eigenvalue weighted by molar-refractivity contribution is 0.281. The summed E-state index contributed by atoms with van der Waals surface area (Å²) in [4.78, 5) is 3.64. The average Bonchev–Trinajstić information content (AvgIpc) is 2.05.